The summed E-state index contributed by atoms with van der Waals surface area (Å²) in [7, 11) is 0. The van der Waals surface area contributed by atoms with Crippen molar-refractivity contribution in [2.45, 2.75) is 32.4 Å². The molecule has 1 fully saturated rings. The highest BCUT2D eigenvalue weighted by Gasteiger charge is 2.31. The Morgan fingerprint density at radius 2 is 2.00 bits per heavy atom. The van der Waals surface area contributed by atoms with Crippen molar-refractivity contribution in [2.24, 2.45) is 5.92 Å². The number of amides is 1. The van der Waals surface area contributed by atoms with Gasteiger partial charge in [-0.05, 0) is 37.5 Å². The van der Waals surface area contributed by atoms with Crippen molar-refractivity contribution in [3.05, 3.63) is 71.5 Å². The number of nitrogens with two attached hydrogens (primary N) is 1. The molecule has 1 aliphatic rings. The number of nitrogens with zero attached hydrogens (tertiary/aromatic N) is 4. The highest BCUT2D eigenvalue weighted by molar-refractivity contribution is 5.79. The molecule has 1 aromatic heterocycles. The lowest BCUT2D eigenvalue weighted by atomic mass is 9.92. The molecule has 8 heteroatoms. The summed E-state index contributed by atoms with van der Waals surface area (Å²) in [6, 6.07) is 17.8. The van der Waals surface area contributed by atoms with Gasteiger partial charge in [0.05, 0.1) is 17.2 Å². The molecule has 3 aromatic rings. The number of nitrogen functional groups attached to an aromatic ring is 1. The van der Waals surface area contributed by atoms with Gasteiger partial charge in [0.1, 0.15) is 17.7 Å². The average Bonchev–Trinajstić information content (AvgIpc) is 2.83. The molecule has 4 rings (SSSR count). The van der Waals surface area contributed by atoms with E-state index in [1.165, 1.54) is 12.1 Å². The number of carbonyl (C=O) groups is 1. The van der Waals surface area contributed by atoms with Crippen LogP contribution >= 0.6 is 0 Å². The number of nitriles is 1. The zero-order valence-electron chi connectivity index (χ0n) is 18.3. The summed E-state index contributed by atoms with van der Waals surface area (Å²) in [5.41, 5.74) is 7.96. The van der Waals surface area contributed by atoms with Crippen molar-refractivity contribution >= 4 is 17.7 Å². The molecule has 2 heterocycles. The minimum Gasteiger partial charge on any atom is -0.368 e. The molecule has 0 bridgehead atoms. The van der Waals surface area contributed by atoms with Crippen LogP contribution in [0.2, 0.25) is 0 Å². The summed E-state index contributed by atoms with van der Waals surface area (Å²) in [4.78, 5) is 23.5. The quantitative estimate of drug-likeness (QED) is 0.622. The molecule has 1 amide bonds. The van der Waals surface area contributed by atoms with Crippen LogP contribution in [0.3, 0.4) is 0 Å². The second-order valence-corrected chi connectivity index (χ2v) is 8.26. The van der Waals surface area contributed by atoms with Crippen molar-refractivity contribution in [1.82, 2.24) is 15.3 Å². The summed E-state index contributed by atoms with van der Waals surface area (Å²) in [5, 5.41) is 12.0. The monoisotopic (exact) mass is 444 g/mol. The van der Waals surface area contributed by atoms with Gasteiger partial charge in [-0.25, -0.2) is 9.37 Å². The summed E-state index contributed by atoms with van der Waals surface area (Å²) in [5.74, 6) is -0.134. The summed E-state index contributed by atoms with van der Waals surface area (Å²) in [6.07, 6.45) is 1.61. The molecular formula is C25H25FN6O. The summed E-state index contributed by atoms with van der Waals surface area (Å²) in [6.45, 7) is 3.07. The van der Waals surface area contributed by atoms with E-state index in [-0.39, 0.29) is 29.4 Å². The fourth-order valence-corrected chi connectivity index (χ4v) is 4.08. The van der Waals surface area contributed by atoms with Crippen molar-refractivity contribution in [1.29, 1.82) is 5.26 Å². The molecule has 2 atom stereocenters. The smallest absolute Gasteiger partial charge is 0.225 e. The second-order valence-electron chi connectivity index (χ2n) is 8.26. The van der Waals surface area contributed by atoms with E-state index in [0.717, 1.165) is 18.4 Å². The number of piperidine rings is 1. The van der Waals surface area contributed by atoms with Gasteiger partial charge in [-0.3, -0.25) is 4.79 Å². The molecule has 0 saturated carbocycles. The van der Waals surface area contributed by atoms with Gasteiger partial charge in [-0.15, -0.1) is 0 Å². The molecule has 1 saturated heterocycles. The maximum absolute atomic E-state index is 14.1. The van der Waals surface area contributed by atoms with E-state index in [0.29, 0.717) is 30.2 Å². The molecule has 168 valence electrons. The van der Waals surface area contributed by atoms with Crippen molar-refractivity contribution in [2.75, 3.05) is 17.2 Å². The SMILES string of the molecule is CC1CCC(C(=O)NCc2ccccc2)CN1c1cc(-c2ccc(C#N)c(F)c2)nc(N)n1. The standard InChI is InChI=1S/C25H25FN6O/c1-16-7-8-20(24(33)29-14-17-5-3-2-4-6-17)15-32(16)23-12-22(30-25(28)31-23)18-9-10-19(13-27)21(26)11-18/h2-6,9-12,16,20H,7-8,14-15H2,1H3,(H,29,33)(H2,28,30,31). The van der Waals surface area contributed by atoms with Crippen LogP contribution in [0.15, 0.2) is 54.6 Å². The van der Waals surface area contributed by atoms with Crippen LogP contribution in [0.4, 0.5) is 16.2 Å². The number of anilines is 2. The van der Waals surface area contributed by atoms with Crippen molar-refractivity contribution in [3.63, 3.8) is 0 Å². The molecule has 7 nitrogen and oxygen atoms in total. The summed E-state index contributed by atoms with van der Waals surface area (Å²) < 4.78 is 14.1. The third-order valence-electron chi connectivity index (χ3n) is 5.97. The Balaban J connectivity index is 1.53. The van der Waals surface area contributed by atoms with Gasteiger partial charge in [0.2, 0.25) is 11.9 Å². The molecule has 3 N–H and O–H groups in total. The Morgan fingerprint density at radius 1 is 1.21 bits per heavy atom. The van der Waals surface area contributed by atoms with Crippen molar-refractivity contribution in [3.8, 4) is 17.3 Å². The van der Waals surface area contributed by atoms with E-state index in [9.17, 15) is 9.18 Å². The molecule has 33 heavy (non-hydrogen) atoms. The number of halogens is 1. The number of rotatable bonds is 5. The van der Waals surface area contributed by atoms with E-state index < -0.39 is 5.82 Å². The molecular weight excluding hydrogens is 419 g/mol. The number of nitrogens with one attached hydrogen (secondary N) is 1. The zero-order valence-corrected chi connectivity index (χ0v) is 18.3. The van der Waals surface area contributed by atoms with Crippen LogP contribution in [-0.4, -0.2) is 28.5 Å². The minimum absolute atomic E-state index is 0.00664. The van der Waals surface area contributed by atoms with Gasteiger partial charge in [0.15, 0.2) is 0 Å². The highest BCUT2D eigenvalue weighted by Crippen LogP contribution is 2.30. The lowest BCUT2D eigenvalue weighted by Gasteiger charge is -2.38. The minimum atomic E-state index is -0.616. The second kappa shape index (κ2) is 9.65. The molecule has 0 aliphatic carbocycles. The van der Waals surface area contributed by atoms with Crippen LogP contribution < -0.4 is 16.0 Å². The molecule has 2 unspecified atom stereocenters. The van der Waals surface area contributed by atoms with Crippen LogP contribution in [0.25, 0.3) is 11.3 Å². The molecule has 0 radical (unpaired) electrons. The fourth-order valence-electron chi connectivity index (χ4n) is 4.08. The topological polar surface area (TPSA) is 108 Å². The Morgan fingerprint density at radius 3 is 2.73 bits per heavy atom. The molecule has 2 aromatic carbocycles. The fraction of sp³-hybridized carbons (Fsp3) is 0.280. The zero-order chi connectivity index (χ0) is 23.4. The maximum atomic E-state index is 14.1. The van der Waals surface area contributed by atoms with Gasteiger partial charge in [0, 0.05) is 30.8 Å². The van der Waals surface area contributed by atoms with E-state index in [2.05, 4.69) is 27.1 Å². The summed E-state index contributed by atoms with van der Waals surface area (Å²) >= 11 is 0. The Bertz CT molecular complexity index is 1190. The predicted octanol–water partition coefficient (Wildman–Crippen LogP) is 3.66. The molecule has 1 aliphatic heterocycles. The van der Waals surface area contributed by atoms with E-state index in [1.807, 2.05) is 36.4 Å². The number of aromatic nitrogens is 2. The first-order chi connectivity index (χ1) is 15.9. The van der Waals surface area contributed by atoms with E-state index >= 15 is 0 Å². The van der Waals surface area contributed by atoms with Crippen LogP contribution in [0.5, 0.6) is 0 Å². The van der Waals surface area contributed by atoms with Crippen LogP contribution in [0, 0.1) is 23.1 Å². The van der Waals surface area contributed by atoms with E-state index in [4.69, 9.17) is 11.0 Å². The third kappa shape index (κ3) is 5.09. The Kier molecular flexibility index (Phi) is 6.50. The lowest BCUT2D eigenvalue weighted by molar-refractivity contribution is -0.125. The van der Waals surface area contributed by atoms with Gasteiger partial charge in [-0.2, -0.15) is 10.2 Å². The number of carbonyl (C=O) groups excluding carboxylic acids is 1. The number of hydrogen-bond donors (Lipinski definition) is 2. The third-order valence-corrected chi connectivity index (χ3v) is 5.97. The largest absolute Gasteiger partial charge is 0.368 e. The van der Waals surface area contributed by atoms with Crippen molar-refractivity contribution < 1.29 is 9.18 Å². The lowest BCUT2D eigenvalue weighted by Crippen LogP contribution is -2.47. The Hall–Kier alpha value is -3.99. The average molecular weight is 445 g/mol. The van der Waals surface area contributed by atoms with Gasteiger partial charge < -0.3 is 16.0 Å². The first kappa shape index (κ1) is 22.2. The predicted molar refractivity (Wildman–Crippen MR) is 124 cm³/mol. The number of benzene rings is 2. The maximum Gasteiger partial charge on any atom is 0.225 e. The first-order valence-electron chi connectivity index (χ1n) is 10.9. The van der Waals surface area contributed by atoms with Gasteiger partial charge >= 0.3 is 0 Å². The van der Waals surface area contributed by atoms with Crippen LogP contribution in [-0.2, 0) is 11.3 Å². The molecule has 0 spiro atoms. The van der Waals surface area contributed by atoms with E-state index in [1.54, 1.807) is 12.1 Å². The normalized spacial score (nSPS) is 17.9. The van der Waals surface area contributed by atoms with Gasteiger partial charge in [-0.1, -0.05) is 36.4 Å². The van der Waals surface area contributed by atoms with Gasteiger partial charge in [0.25, 0.3) is 0 Å². The highest BCUT2D eigenvalue weighted by atomic mass is 19.1. The Labute approximate surface area is 192 Å². The van der Waals surface area contributed by atoms with Crippen LogP contribution in [0.1, 0.15) is 30.9 Å². The number of hydrogen-bond acceptors (Lipinski definition) is 6. The first-order valence-corrected chi connectivity index (χ1v) is 10.9.